The number of likely N-dealkylation sites (N-methyl/N-ethyl adjacent to an activating group) is 1. The fraction of sp³-hybridized carbons (Fsp3) is 0.471. The Hall–Kier alpha value is -1.86. The number of nitrogens with one attached hydrogen (secondary N) is 1. The Morgan fingerprint density at radius 3 is 2.46 bits per heavy atom. The molecule has 1 rings (SSSR count). The highest BCUT2D eigenvalue weighted by Crippen LogP contribution is 2.25. The summed E-state index contributed by atoms with van der Waals surface area (Å²) in [7, 11) is -2.38. The minimum atomic E-state index is -3.78. The van der Waals surface area contributed by atoms with E-state index >= 15 is 0 Å². The van der Waals surface area contributed by atoms with Gasteiger partial charge in [-0.2, -0.15) is 0 Å². The van der Waals surface area contributed by atoms with E-state index in [0.29, 0.717) is 18.7 Å². The second-order valence-electron chi connectivity index (χ2n) is 5.92. The van der Waals surface area contributed by atoms with E-state index in [9.17, 15) is 13.2 Å². The first-order valence-electron chi connectivity index (χ1n) is 7.76. The summed E-state index contributed by atoms with van der Waals surface area (Å²) < 4.78 is 32.6. The van der Waals surface area contributed by atoms with Gasteiger partial charge in [-0.3, -0.25) is 4.79 Å². The summed E-state index contributed by atoms with van der Waals surface area (Å²) in [5.74, 6) is -0.0493. The lowest BCUT2D eigenvalue weighted by Crippen LogP contribution is -2.33. The Morgan fingerprint density at radius 1 is 1.38 bits per heavy atom. The highest BCUT2D eigenvalue weighted by Gasteiger charge is 2.23. The number of carbonyl (C=O) groups excluding carboxylic acids is 1. The van der Waals surface area contributed by atoms with E-state index in [-0.39, 0.29) is 22.6 Å². The molecule has 0 spiro atoms. The van der Waals surface area contributed by atoms with E-state index < -0.39 is 10.0 Å². The maximum atomic E-state index is 12.6. The fourth-order valence-electron chi connectivity index (χ4n) is 2.23. The third kappa shape index (κ3) is 5.07. The number of methoxy groups -OCH3 is 1. The molecular formula is C17H26N2O4S. The molecule has 24 heavy (non-hydrogen) atoms. The molecule has 0 fully saturated rings. The van der Waals surface area contributed by atoms with E-state index in [4.69, 9.17) is 4.74 Å². The van der Waals surface area contributed by atoms with Crippen LogP contribution in [0.15, 0.2) is 35.2 Å². The highest BCUT2D eigenvalue weighted by atomic mass is 32.2. The summed E-state index contributed by atoms with van der Waals surface area (Å²) in [6, 6.07) is 4.15. The van der Waals surface area contributed by atoms with Gasteiger partial charge in [0.2, 0.25) is 10.0 Å². The van der Waals surface area contributed by atoms with Crippen molar-refractivity contribution in [2.45, 2.75) is 38.6 Å². The molecule has 0 aliphatic rings. The largest absolute Gasteiger partial charge is 0.495 e. The van der Waals surface area contributed by atoms with Gasteiger partial charge in [-0.05, 0) is 45.9 Å². The molecule has 0 saturated heterocycles. The van der Waals surface area contributed by atoms with Gasteiger partial charge in [0.25, 0.3) is 5.91 Å². The van der Waals surface area contributed by atoms with Crippen LogP contribution >= 0.6 is 0 Å². The standard InChI is InChI=1S/C17H26N2O4S/c1-7-19(11-12(2)3)17(20)14-8-9-15(23-6)16(10-14)24(21,22)18-13(4)5/h8-10,13,18H,2,7,11H2,1,3-6H3. The van der Waals surface area contributed by atoms with Crippen molar-refractivity contribution >= 4 is 15.9 Å². The van der Waals surface area contributed by atoms with Crippen LogP contribution in [0.3, 0.4) is 0 Å². The molecule has 1 aromatic carbocycles. The topological polar surface area (TPSA) is 75.7 Å². The molecule has 0 radical (unpaired) electrons. The van der Waals surface area contributed by atoms with Gasteiger partial charge in [-0.15, -0.1) is 0 Å². The van der Waals surface area contributed by atoms with Gasteiger partial charge in [0, 0.05) is 24.7 Å². The molecule has 0 atom stereocenters. The fourth-order valence-corrected chi connectivity index (χ4v) is 3.68. The van der Waals surface area contributed by atoms with E-state index in [1.54, 1.807) is 24.8 Å². The van der Waals surface area contributed by atoms with E-state index in [2.05, 4.69) is 11.3 Å². The number of carbonyl (C=O) groups is 1. The summed E-state index contributed by atoms with van der Waals surface area (Å²) in [6.45, 7) is 11.9. The first-order valence-corrected chi connectivity index (χ1v) is 9.24. The number of hydrogen-bond acceptors (Lipinski definition) is 4. The highest BCUT2D eigenvalue weighted by molar-refractivity contribution is 7.89. The molecule has 1 N–H and O–H groups in total. The number of hydrogen-bond donors (Lipinski definition) is 1. The number of rotatable bonds is 8. The third-order valence-corrected chi connectivity index (χ3v) is 4.90. The maximum absolute atomic E-state index is 12.6. The average molecular weight is 354 g/mol. The monoisotopic (exact) mass is 354 g/mol. The van der Waals surface area contributed by atoms with Gasteiger partial charge in [0.1, 0.15) is 10.6 Å². The van der Waals surface area contributed by atoms with Crippen LogP contribution in [0, 0.1) is 0 Å². The smallest absolute Gasteiger partial charge is 0.254 e. The number of ether oxygens (including phenoxy) is 1. The number of benzene rings is 1. The van der Waals surface area contributed by atoms with Gasteiger partial charge >= 0.3 is 0 Å². The van der Waals surface area contributed by atoms with Crippen molar-refractivity contribution in [3.63, 3.8) is 0 Å². The molecule has 134 valence electrons. The molecule has 6 nitrogen and oxygen atoms in total. The molecule has 0 unspecified atom stereocenters. The van der Waals surface area contributed by atoms with Crippen LogP contribution in [0.5, 0.6) is 5.75 Å². The van der Waals surface area contributed by atoms with Gasteiger partial charge in [0.15, 0.2) is 0 Å². The first-order chi connectivity index (χ1) is 11.1. The van der Waals surface area contributed by atoms with E-state index in [1.807, 2.05) is 13.8 Å². The van der Waals surface area contributed by atoms with Crippen LogP contribution in [-0.4, -0.2) is 45.5 Å². The Labute approximate surface area is 144 Å². The summed E-state index contributed by atoms with van der Waals surface area (Å²) in [5, 5.41) is 0. The Kier molecular flexibility index (Phi) is 6.98. The molecule has 1 aromatic rings. The second-order valence-corrected chi connectivity index (χ2v) is 7.60. The van der Waals surface area contributed by atoms with Crippen LogP contribution < -0.4 is 9.46 Å². The summed E-state index contributed by atoms with van der Waals surface area (Å²) in [4.78, 5) is 14.2. The lowest BCUT2D eigenvalue weighted by atomic mass is 10.1. The first kappa shape index (κ1) is 20.2. The van der Waals surface area contributed by atoms with Gasteiger partial charge in [0.05, 0.1) is 7.11 Å². The summed E-state index contributed by atoms with van der Waals surface area (Å²) in [6.07, 6.45) is 0. The van der Waals surface area contributed by atoms with Crippen LogP contribution in [-0.2, 0) is 10.0 Å². The number of amides is 1. The lowest BCUT2D eigenvalue weighted by Gasteiger charge is -2.22. The molecule has 0 saturated carbocycles. The number of nitrogens with zero attached hydrogens (tertiary/aromatic N) is 1. The zero-order valence-corrected chi connectivity index (χ0v) is 15.7. The van der Waals surface area contributed by atoms with Crippen LogP contribution in [0.2, 0.25) is 0 Å². The van der Waals surface area contributed by atoms with Crippen LogP contribution in [0.1, 0.15) is 38.1 Å². The SMILES string of the molecule is C=C(C)CN(CC)C(=O)c1ccc(OC)c(S(=O)(=O)NC(C)C)c1. The van der Waals surface area contributed by atoms with Gasteiger partial charge < -0.3 is 9.64 Å². The van der Waals surface area contributed by atoms with Crippen molar-refractivity contribution < 1.29 is 17.9 Å². The summed E-state index contributed by atoms with van der Waals surface area (Å²) in [5.41, 5.74) is 1.15. The maximum Gasteiger partial charge on any atom is 0.254 e. The molecular weight excluding hydrogens is 328 g/mol. The quantitative estimate of drug-likeness (QED) is 0.728. The van der Waals surface area contributed by atoms with Crippen molar-refractivity contribution in [3.8, 4) is 5.75 Å². The van der Waals surface area contributed by atoms with Crippen molar-refractivity contribution in [3.05, 3.63) is 35.9 Å². The molecule has 0 aromatic heterocycles. The van der Waals surface area contributed by atoms with Crippen LogP contribution in [0.4, 0.5) is 0 Å². The zero-order valence-electron chi connectivity index (χ0n) is 14.9. The Morgan fingerprint density at radius 2 is 2.00 bits per heavy atom. The minimum Gasteiger partial charge on any atom is -0.495 e. The van der Waals surface area contributed by atoms with Gasteiger partial charge in [-0.1, -0.05) is 12.2 Å². The van der Waals surface area contributed by atoms with Gasteiger partial charge in [-0.25, -0.2) is 13.1 Å². The molecule has 0 heterocycles. The summed E-state index contributed by atoms with van der Waals surface area (Å²) >= 11 is 0. The Bertz CT molecular complexity index is 711. The molecule has 1 amide bonds. The van der Waals surface area contributed by atoms with Crippen molar-refractivity contribution in [1.82, 2.24) is 9.62 Å². The zero-order chi connectivity index (χ0) is 18.5. The molecule has 7 heteroatoms. The van der Waals surface area contributed by atoms with Crippen molar-refractivity contribution in [2.24, 2.45) is 0 Å². The molecule has 0 bridgehead atoms. The predicted octanol–water partition coefficient (Wildman–Crippen LogP) is 2.42. The van der Waals surface area contributed by atoms with Crippen molar-refractivity contribution in [1.29, 1.82) is 0 Å². The minimum absolute atomic E-state index is 0.0454. The third-order valence-electron chi connectivity index (χ3n) is 3.22. The van der Waals surface area contributed by atoms with Crippen molar-refractivity contribution in [2.75, 3.05) is 20.2 Å². The lowest BCUT2D eigenvalue weighted by molar-refractivity contribution is 0.0778. The second kappa shape index (κ2) is 8.30. The van der Waals surface area contributed by atoms with E-state index in [0.717, 1.165) is 5.57 Å². The normalized spacial score (nSPS) is 11.4. The molecule has 0 aliphatic carbocycles. The van der Waals surface area contributed by atoms with Crippen LogP contribution in [0.25, 0.3) is 0 Å². The average Bonchev–Trinajstić information content (AvgIpc) is 2.49. The Balaban J connectivity index is 3.31. The molecule has 0 aliphatic heterocycles. The predicted molar refractivity (Wildman–Crippen MR) is 94.8 cm³/mol. The van der Waals surface area contributed by atoms with E-state index in [1.165, 1.54) is 19.2 Å². The number of sulfonamides is 1.